The van der Waals surface area contributed by atoms with Crippen LogP contribution in [0.2, 0.25) is 0 Å². The predicted octanol–water partition coefficient (Wildman–Crippen LogP) is 2.53. The van der Waals surface area contributed by atoms with Crippen molar-refractivity contribution in [2.75, 3.05) is 32.1 Å². The maximum absolute atomic E-state index is 13.2. The van der Waals surface area contributed by atoms with Gasteiger partial charge in [-0.05, 0) is 23.8 Å². The molecule has 1 amide bonds. The van der Waals surface area contributed by atoms with Gasteiger partial charge in [-0.15, -0.1) is 0 Å². The fourth-order valence-electron chi connectivity index (χ4n) is 3.40. The monoisotopic (exact) mass is 420 g/mol. The van der Waals surface area contributed by atoms with Crippen molar-refractivity contribution in [3.63, 3.8) is 0 Å². The summed E-state index contributed by atoms with van der Waals surface area (Å²) < 4.78 is 6.89. The third-order valence-corrected chi connectivity index (χ3v) is 5.76. The minimum atomic E-state index is -0.185. The molecule has 1 aromatic heterocycles. The number of nitrogens with zero attached hydrogens (tertiary/aromatic N) is 4. The molecule has 0 spiro atoms. The van der Waals surface area contributed by atoms with Crippen molar-refractivity contribution in [3.05, 3.63) is 70.0 Å². The number of thioether (sulfide) groups is 1. The highest BCUT2D eigenvalue weighted by Gasteiger charge is 2.20. The molecule has 4 rings (SSSR count). The largest absolute Gasteiger partial charge is 0.378 e. The summed E-state index contributed by atoms with van der Waals surface area (Å²) in [5, 5.41) is 9.92. The van der Waals surface area contributed by atoms with E-state index in [4.69, 9.17) is 10.00 Å². The summed E-state index contributed by atoms with van der Waals surface area (Å²) >= 11 is 1.22. The molecule has 2 aromatic carbocycles. The van der Waals surface area contributed by atoms with Crippen molar-refractivity contribution in [2.45, 2.75) is 11.7 Å². The van der Waals surface area contributed by atoms with Crippen LogP contribution in [0.15, 0.2) is 58.5 Å². The van der Waals surface area contributed by atoms with Gasteiger partial charge in [-0.1, -0.05) is 42.1 Å². The van der Waals surface area contributed by atoms with E-state index in [1.165, 1.54) is 11.8 Å². The van der Waals surface area contributed by atoms with Crippen LogP contribution in [0.25, 0.3) is 10.9 Å². The Hall–Kier alpha value is -3.15. The lowest BCUT2D eigenvalue weighted by Gasteiger charge is -2.26. The standard InChI is InChI=1S/C22H20N4O3S/c23-8-13-30-22-24-19-14-17(20(27)25-9-11-29-12-10-25)6-7-18(19)21(28)26(22)15-16-4-2-1-3-5-16/h1-7,14H,9-13,15H2. The first-order valence-corrected chi connectivity index (χ1v) is 10.6. The molecule has 0 radical (unpaired) electrons. The van der Waals surface area contributed by atoms with Gasteiger partial charge < -0.3 is 9.64 Å². The Morgan fingerprint density at radius 3 is 2.67 bits per heavy atom. The molecule has 2 heterocycles. The van der Waals surface area contributed by atoms with E-state index in [2.05, 4.69) is 11.1 Å². The molecule has 8 heteroatoms. The first-order valence-electron chi connectivity index (χ1n) is 9.62. The molecular formula is C22H20N4O3S. The van der Waals surface area contributed by atoms with Crippen LogP contribution in [0.4, 0.5) is 0 Å². The summed E-state index contributed by atoms with van der Waals surface area (Å²) in [7, 11) is 0. The SMILES string of the molecule is N#CCSc1nc2cc(C(=O)N3CCOCC3)ccc2c(=O)n1Cc1ccccc1. The van der Waals surface area contributed by atoms with Gasteiger partial charge in [0.2, 0.25) is 0 Å². The number of aromatic nitrogens is 2. The molecule has 0 aliphatic carbocycles. The molecule has 0 saturated carbocycles. The van der Waals surface area contributed by atoms with Crippen molar-refractivity contribution >= 4 is 28.6 Å². The van der Waals surface area contributed by atoms with E-state index in [9.17, 15) is 9.59 Å². The highest BCUT2D eigenvalue weighted by molar-refractivity contribution is 7.99. The van der Waals surface area contributed by atoms with Crippen LogP contribution < -0.4 is 5.56 Å². The molecule has 1 fully saturated rings. The van der Waals surface area contributed by atoms with Crippen molar-refractivity contribution < 1.29 is 9.53 Å². The highest BCUT2D eigenvalue weighted by Crippen LogP contribution is 2.20. The Labute approximate surface area is 177 Å². The second-order valence-electron chi connectivity index (χ2n) is 6.85. The van der Waals surface area contributed by atoms with Gasteiger partial charge in [0.15, 0.2) is 5.16 Å². The van der Waals surface area contributed by atoms with Gasteiger partial charge in [-0.2, -0.15) is 5.26 Å². The van der Waals surface area contributed by atoms with Gasteiger partial charge in [0, 0.05) is 18.7 Å². The second kappa shape index (κ2) is 9.11. The lowest BCUT2D eigenvalue weighted by molar-refractivity contribution is 0.0303. The summed E-state index contributed by atoms with van der Waals surface area (Å²) in [6.45, 7) is 2.51. The first-order chi connectivity index (χ1) is 14.7. The second-order valence-corrected chi connectivity index (χ2v) is 7.80. The number of benzene rings is 2. The van der Waals surface area contributed by atoms with Crippen LogP contribution in [-0.4, -0.2) is 52.4 Å². The lowest BCUT2D eigenvalue weighted by Crippen LogP contribution is -2.40. The third kappa shape index (κ3) is 4.22. The zero-order valence-electron chi connectivity index (χ0n) is 16.3. The van der Waals surface area contributed by atoms with Gasteiger partial charge in [0.05, 0.1) is 42.5 Å². The maximum Gasteiger partial charge on any atom is 0.262 e. The fraction of sp³-hybridized carbons (Fsp3) is 0.273. The normalized spacial score (nSPS) is 13.9. The van der Waals surface area contributed by atoms with Gasteiger partial charge in [-0.25, -0.2) is 4.98 Å². The summed E-state index contributed by atoms with van der Waals surface area (Å²) in [6.07, 6.45) is 0. The maximum atomic E-state index is 13.2. The molecule has 0 bridgehead atoms. The Bertz CT molecular complexity index is 1160. The van der Waals surface area contributed by atoms with Crippen LogP contribution in [0.3, 0.4) is 0 Å². The van der Waals surface area contributed by atoms with Crippen LogP contribution in [0.1, 0.15) is 15.9 Å². The van der Waals surface area contributed by atoms with Crippen molar-refractivity contribution in [1.82, 2.24) is 14.5 Å². The van der Waals surface area contributed by atoms with E-state index < -0.39 is 0 Å². The first kappa shape index (κ1) is 20.1. The number of carbonyl (C=O) groups is 1. The van der Waals surface area contributed by atoms with Crippen molar-refractivity contribution in [1.29, 1.82) is 5.26 Å². The summed E-state index contributed by atoms with van der Waals surface area (Å²) in [6, 6.07) is 16.7. The molecule has 1 aliphatic rings. The minimum absolute atomic E-state index is 0.0957. The number of hydrogen-bond donors (Lipinski definition) is 0. The number of nitriles is 1. The van der Waals surface area contributed by atoms with Crippen molar-refractivity contribution in [3.8, 4) is 6.07 Å². The zero-order chi connectivity index (χ0) is 20.9. The summed E-state index contributed by atoms with van der Waals surface area (Å²) in [5.41, 5.74) is 1.74. The predicted molar refractivity (Wildman–Crippen MR) is 115 cm³/mol. The van der Waals surface area contributed by atoms with Crippen molar-refractivity contribution in [2.24, 2.45) is 0 Å². The average Bonchev–Trinajstić information content (AvgIpc) is 2.80. The van der Waals surface area contributed by atoms with E-state index >= 15 is 0 Å². The van der Waals surface area contributed by atoms with Crippen LogP contribution >= 0.6 is 11.8 Å². The number of fused-ring (bicyclic) bond motifs is 1. The zero-order valence-corrected chi connectivity index (χ0v) is 17.1. The van der Waals surface area contributed by atoms with E-state index in [1.807, 2.05) is 30.3 Å². The molecule has 1 aliphatic heterocycles. The van der Waals surface area contributed by atoms with Crippen LogP contribution in [-0.2, 0) is 11.3 Å². The smallest absolute Gasteiger partial charge is 0.262 e. The quantitative estimate of drug-likeness (QED) is 0.466. The molecule has 0 atom stereocenters. The molecule has 0 unspecified atom stereocenters. The minimum Gasteiger partial charge on any atom is -0.378 e. The van der Waals surface area contributed by atoms with E-state index in [1.54, 1.807) is 27.7 Å². The van der Waals surface area contributed by atoms with E-state index in [-0.39, 0.29) is 17.2 Å². The number of hydrogen-bond acceptors (Lipinski definition) is 6. The summed E-state index contributed by atoms with van der Waals surface area (Å²) in [4.78, 5) is 32.4. The Kier molecular flexibility index (Phi) is 6.12. The topological polar surface area (TPSA) is 88.2 Å². The number of amides is 1. The number of ether oxygens (including phenoxy) is 1. The van der Waals surface area contributed by atoms with Crippen LogP contribution in [0.5, 0.6) is 0 Å². The van der Waals surface area contributed by atoms with Gasteiger partial charge in [-0.3, -0.25) is 14.2 Å². The van der Waals surface area contributed by atoms with Crippen LogP contribution in [0, 0.1) is 11.3 Å². The molecule has 152 valence electrons. The third-order valence-electron chi connectivity index (χ3n) is 4.91. The van der Waals surface area contributed by atoms with E-state index in [0.29, 0.717) is 54.5 Å². The highest BCUT2D eigenvalue weighted by atomic mass is 32.2. The summed E-state index contributed by atoms with van der Waals surface area (Å²) in [5.74, 6) is 0.0840. The van der Waals surface area contributed by atoms with Gasteiger partial charge in [0.25, 0.3) is 11.5 Å². The molecule has 3 aromatic rings. The lowest BCUT2D eigenvalue weighted by atomic mass is 10.1. The number of morpholine rings is 1. The Balaban J connectivity index is 1.75. The number of rotatable bonds is 5. The molecule has 30 heavy (non-hydrogen) atoms. The molecule has 7 nitrogen and oxygen atoms in total. The van der Waals surface area contributed by atoms with E-state index in [0.717, 1.165) is 5.56 Å². The number of carbonyl (C=O) groups excluding carboxylic acids is 1. The van der Waals surface area contributed by atoms with Gasteiger partial charge >= 0.3 is 0 Å². The average molecular weight is 420 g/mol. The Morgan fingerprint density at radius 1 is 1.17 bits per heavy atom. The molecular weight excluding hydrogens is 400 g/mol. The Morgan fingerprint density at radius 2 is 1.93 bits per heavy atom. The van der Waals surface area contributed by atoms with Gasteiger partial charge in [0.1, 0.15) is 0 Å². The fourth-order valence-corrected chi connectivity index (χ4v) is 4.05. The molecule has 1 saturated heterocycles. The molecule has 0 N–H and O–H groups in total.